The first-order valence-electron chi connectivity index (χ1n) is 10.0. The standard InChI is InChI=1S/C26H23NO4/c1-17-20(8-5-9-22(17)26(28)29)15-30-24-11-6-12-25(18(24)2)31-16-21-14-13-19-7-3-4-10-23(19)27-21/h3-14H,15-16H2,1-2H3,(H,28,29). The molecule has 0 aliphatic heterocycles. The van der Waals surface area contributed by atoms with E-state index in [0.717, 1.165) is 33.5 Å². The average Bonchev–Trinajstić information content (AvgIpc) is 2.78. The lowest BCUT2D eigenvalue weighted by atomic mass is 10.0. The third-order valence-corrected chi connectivity index (χ3v) is 5.33. The van der Waals surface area contributed by atoms with Crippen molar-refractivity contribution in [3.63, 3.8) is 0 Å². The highest BCUT2D eigenvalue weighted by Crippen LogP contribution is 2.29. The molecule has 1 heterocycles. The quantitative estimate of drug-likeness (QED) is 0.420. The van der Waals surface area contributed by atoms with Gasteiger partial charge in [-0.2, -0.15) is 0 Å². The Balaban J connectivity index is 1.46. The summed E-state index contributed by atoms with van der Waals surface area (Å²) in [6, 6.07) is 22.9. The number of pyridine rings is 1. The van der Waals surface area contributed by atoms with Crippen LogP contribution in [0.5, 0.6) is 11.5 Å². The number of hydrogen-bond donors (Lipinski definition) is 1. The molecule has 5 nitrogen and oxygen atoms in total. The first kappa shape index (κ1) is 20.4. The Morgan fingerprint density at radius 2 is 1.52 bits per heavy atom. The largest absolute Gasteiger partial charge is 0.488 e. The minimum absolute atomic E-state index is 0.281. The van der Waals surface area contributed by atoms with Crippen molar-refractivity contribution in [3.05, 3.63) is 101 Å². The number of aromatic nitrogens is 1. The Morgan fingerprint density at radius 3 is 2.29 bits per heavy atom. The Hall–Kier alpha value is -3.86. The topological polar surface area (TPSA) is 68.7 Å². The van der Waals surface area contributed by atoms with E-state index in [4.69, 9.17) is 9.47 Å². The van der Waals surface area contributed by atoms with Gasteiger partial charge >= 0.3 is 5.97 Å². The zero-order valence-electron chi connectivity index (χ0n) is 17.5. The number of carboxylic acids is 1. The summed E-state index contributed by atoms with van der Waals surface area (Å²) in [5, 5.41) is 10.4. The van der Waals surface area contributed by atoms with Gasteiger partial charge in [0, 0.05) is 10.9 Å². The lowest BCUT2D eigenvalue weighted by Crippen LogP contribution is -2.06. The molecule has 1 N–H and O–H groups in total. The maximum absolute atomic E-state index is 11.3. The van der Waals surface area contributed by atoms with Crippen LogP contribution in [0.15, 0.2) is 72.8 Å². The fraction of sp³-hybridized carbons (Fsp3) is 0.154. The van der Waals surface area contributed by atoms with Crippen LogP contribution in [0.3, 0.4) is 0 Å². The number of para-hydroxylation sites is 1. The molecule has 0 spiro atoms. The number of benzene rings is 3. The summed E-state index contributed by atoms with van der Waals surface area (Å²) in [7, 11) is 0. The van der Waals surface area contributed by atoms with E-state index in [0.29, 0.717) is 17.9 Å². The van der Waals surface area contributed by atoms with Crippen LogP contribution in [0.4, 0.5) is 0 Å². The van der Waals surface area contributed by atoms with Gasteiger partial charge in [0.05, 0.1) is 16.8 Å². The summed E-state index contributed by atoms with van der Waals surface area (Å²) in [6.45, 7) is 4.38. The van der Waals surface area contributed by atoms with Crippen molar-refractivity contribution in [2.24, 2.45) is 0 Å². The van der Waals surface area contributed by atoms with E-state index < -0.39 is 5.97 Å². The van der Waals surface area contributed by atoms with Gasteiger partial charge in [-0.3, -0.25) is 0 Å². The van der Waals surface area contributed by atoms with Crippen LogP contribution in [-0.4, -0.2) is 16.1 Å². The van der Waals surface area contributed by atoms with E-state index in [1.807, 2.05) is 67.6 Å². The lowest BCUT2D eigenvalue weighted by molar-refractivity contribution is 0.0696. The summed E-state index contributed by atoms with van der Waals surface area (Å²) < 4.78 is 12.0. The molecule has 156 valence electrons. The third kappa shape index (κ3) is 4.51. The maximum atomic E-state index is 11.3. The number of ether oxygens (including phenoxy) is 2. The van der Waals surface area contributed by atoms with Gasteiger partial charge in [0.25, 0.3) is 0 Å². The number of nitrogens with zero attached hydrogens (tertiary/aromatic N) is 1. The van der Waals surface area contributed by atoms with E-state index >= 15 is 0 Å². The summed E-state index contributed by atoms with van der Waals surface area (Å²) in [5.41, 5.74) is 4.52. The molecule has 3 aromatic carbocycles. The molecule has 0 radical (unpaired) electrons. The van der Waals surface area contributed by atoms with E-state index in [1.165, 1.54) is 0 Å². The van der Waals surface area contributed by atoms with Crippen molar-refractivity contribution in [2.75, 3.05) is 0 Å². The smallest absolute Gasteiger partial charge is 0.335 e. The molecule has 0 saturated carbocycles. The van der Waals surface area contributed by atoms with Gasteiger partial charge in [-0.25, -0.2) is 9.78 Å². The SMILES string of the molecule is Cc1c(OCc2ccc3ccccc3n2)cccc1OCc1cccc(C(=O)O)c1C. The molecule has 0 bridgehead atoms. The summed E-state index contributed by atoms with van der Waals surface area (Å²) in [5.74, 6) is 0.487. The molecular weight excluding hydrogens is 390 g/mol. The van der Waals surface area contributed by atoms with Gasteiger partial charge in [-0.15, -0.1) is 0 Å². The second-order valence-corrected chi connectivity index (χ2v) is 7.35. The van der Waals surface area contributed by atoms with Crippen molar-refractivity contribution < 1.29 is 19.4 Å². The molecule has 0 aliphatic rings. The molecule has 31 heavy (non-hydrogen) atoms. The molecular formula is C26H23NO4. The van der Waals surface area contributed by atoms with Gasteiger partial charge in [-0.1, -0.05) is 42.5 Å². The molecule has 1 aromatic heterocycles. The van der Waals surface area contributed by atoms with Crippen molar-refractivity contribution in [1.29, 1.82) is 0 Å². The van der Waals surface area contributed by atoms with Crippen molar-refractivity contribution in [3.8, 4) is 11.5 Å². The monoisotopic (exact) mass is 413 g/mol. The van der Waals surface area contributed by atoms with E-state index in [-0.39, 0.29) is 12.2 Å². The third-order valence-electron chi connectivity index (χ3n) is 5.33. The summed E-state index contributed by atoms with van der Waals surface area (Å²) in [4.78, 5) is 16.0. The Kier molecular flexibility index (Phi) is 5.85. The minimum atomic E-state index is -0.937. The van der Waals surface area contributed by atoms with Gasteiger partial charge in [0.1, 0.15) is 24.7 Å². The van der Waals surface area contributed by atoms with Gasteiger partial charge in [0.2, 0.25) is 0 Å². The second kappa shape index (κ2) is 8.88. The first-order valence-corrected chi connectivity index (χ1v) is 10.0. The summed E-state index contributed by atoms with van der Waals surface area (Å²) >= 11 is 0. The Morgan fingerprint density at radius 1 is 0.806 bits per heavy atom. The molecule has 0 unspecified atom stereocenters. The fourth-order valence-corrected chi connectivity index (χ4v) is 3.47. The number of carbonyl (C=O) groups is 1. The van der Waals surface area contributed by atoms with Crippen LogP contribution in [0.2, 0.25) is 0 Å². The molecule has 0 aliphatic carbocycles. The number of aromatic carboxylic acids is 1. The summed E-state index contributed by atoms with van der Waals surface area (Å²) in [6.07, 6.45) is 0. The zero-order chi connectivity index (χ0) is 21.8. The number of carboxylic acid groups (broad SMARTS) is 1. The van der Waals surface area contributed by atoms with Crippen molar-refractivity contribution in [2.45, 2.75) is 27.1 Å². The first-order chi connectivity index (χ1) is 15.0. The van der Waals surface area contributed by atoms with Crippen LogP contribution in [0.1, 0.15) is 32.7 Å². The number of fused-ring (bicyclic) bond motifs is 1. The molecule has 4 aromatic rings. The van der Waals surface area contributed by atoms with Crippen LogP contribution >= 0.6 is 0 Å². The van der Waals surface area contributed by atoms with Gasteiger partial charge < -0.3 is 14.6 Å². The van der Waals surface area contributed by atoms with Crippen LogP contribution < -0.4 is 9.47 Å². The Labute approximate surface area is 180 Å². The highest BCUT2D eigenvalue weighted by Gasteiger charge is 2.12. The van der Waals surface area contributed by atoms with Gasteiger partial charge in [0.15, 0.2) is 0 Å². The highest BCUT2D eigenvalue weighted by molar-refractivity contribution is 5.89. The van der Waals surface area contributed by atoms with Crippen LogP contribution in [0.25, 0.3) is 10.9 Å². The van der Waals surface area contributed by atoms with E-state index in [9.17, 15) is 9.90 Å². The van der Waals surface area contributed by atoms with Gasteiger partial charge in [-0.05, 0) is 55.3 Å². The fourth-order valence-electron chi connectivity index (χ4n) is 3.47. The van der Waals surface area contributed by atoms with E-state index in [2.05, 4.69) is 4.98 Å². The molecule has 0 saturated heterocycles. The highest BCUT2D eigenvalue weighted by atomic mass is 16.5. The lowest BCUT2D eigenvalue weighted by Gasteiger charge is -2.15. The normalized spacial score (nSPS) is 10.8. The van der Waals surface area contributed by atoms with Crippen molar-refractivity contribution in [1.82, 2.24) is 4.98 Å². The van der Waals surface area contributed by atoms with E-state index in [1.54, 1.807) is 19.1 Å². The minimum Gasteiger partial charge on any atom is -0.488 e. The molecule has 5 heteroatoms. The molecule has 0 fully saturated rings. The molecule has 4 rings (SSSR count). The number of rotatable bonds is 7. The van der Waals surface area contributed by atoms with Crippen molar-refractivity contribution >= 4 is 16.9 Å². The predicted octanol–water partition coefficient (Wildman–Crippen LogP) is 5.71. The molecule has 0 atom stereocenters. The van der Waals surface area contributed by atoms with Crippen LogP contribution in [0, 0.1) is 13.8 Å². The Bertz CT molecular complexity index is 1250. The predicted molar refractivity (Wildman–Crippen MR) is 120 cm³/mol. The van der Waals surface area contributed by atoms with Crippen LogP contribution in [-0.2, 0) is 13.2 Å². The zero-order valence-corrected chi connectivity index (χ0v) is 17.5. The maximum Gasteiger partial charge on any atom is 0.335 e. The average molecular weight is 413 g/mol. The molecule has 0 amide bonds. The second-order valence-electron chi connectivity index (χ2n) is 7.35. The number of hydrogen-bond acceptors (Lipinski definition) is 4.